The quantitative estimate of drug-likeness (QED) is 0.0390. The van der Waals surface area contributed by atoms with Gasteiger partial charge in [0, 0.05) is 115 Å². The number of methoxy groups -OCH3 is 6. The van der Waals surface area contributed by atoms with Crippen molar-refractivity contribution in [3.05, 3.63) is 91.0 Å². The lowest BCUT2D eigenvalue weighted by Gasteiger charge is -2.25. The number of ether oxygens (including phenoxy) is 14. The summed E-state index contributed by atoms with van der Waals surface area (Å²) in [5.74, 6) is -2.31. The molecule has 22 heteroatoms. The molecule has 0 saturated carbocycles. The topological polar surface area (TPSA) is 266 Å². The number of esters is 6. The Balaban J connectivity index is 0.000000240. The van der Waals surface area contributed by atoms with Gasteiger partial charge >= 0.3 is 35.8 Å². The fraction of sp³-hybridized carbons (Fsp3) is 0.385. The number of carbonyl (C=O) groups is 8. The van der Waals surface area contributed by atoms with E-state index in [-0.39, 0.29) is 74.3 Å². The first-order valence-corrected chi connectivity index (χ1v) is 32.5. The molecule has 1 unspecified atom stereocenters. The van der Waals surface area contributed by atoms with Gasteiger partial charge < -0.3 is 66.3 Å². The molecule has 0 amide bonds. The lowest BCUT2D eigenvalue weighted by Crippen LogP contribution is -2.16. The molecular weight excluding hydrogens is 1290 g/mol. The van der Waals surface area contributed by atoms with Crippen LogP contribution in [0.3, 0.4) is 0 Å². The number of rotatable bonds is 20. The van der Waals surface area contributed by atoms with E-state index in [9.17, 15) is 38.4 Å². The number of benzene rings is 8. The maximum Gasteiger partial charge on any atom is 0.308 e. The van der Waals surface area contributed by atoms with Crippen molar-refractivity contribution in [3.8, 4) is 91.2 Å². The zero-order chi connectivity index (χ0) is 73.9. The lowest BCUT2D eigenvalue weighted by atomic mass is 9.83. The van der Waals surface area contributed by atoms with E-state index in [1.165, 1.54) is 34.6 Å². The number of hydrogen-bond acceptors (Lipinski definition) is 22. The third kappa shape index (κ3) is 12.4. The van der Waals surface area contributed by atoms with Crippen LogP contribution < -0.4 is 56.8 Å². The van der Waals surface area contributed by atoms with Gasteiger partial charge in [0.05, 0.1) is 57.8 Å². The van der Waals surface area contributed by atoms with E-state index in [2.05, 4.69) is 46.8 Å². The standard InChI is InChI=1S/C42H42O14.C36H42O8/c1-16(2)29-26-13-18(5)31(37(51-21(8)45)33(26)28(15-43)36(50-20(7)44)39(29)52-22(9)46)32-19(6)14-27-30(17(3)4)40(53-23(10)47)41(54-24(11)48)35-34(27)38(32)56-42(35)55-25(12)49;1-16(2)23-20-13-18(5)25(31(39-8)27(20)22(15-37)30(38-7)33(23)40-9)26-19(6)14-21-24(17(3)4)34(41-10)35(42-11)29-28(21)32(26)44-36(29)43-12/h13-17,42H,1-12H3;13-17,36H,1-12H3/t42-;/m0./s1. The van der Waals surface area contributed by atoms with Gasteiger partial charge in [0.2, 0.25) is 6.29 Å². The fourth-order valence-electron chi connectivity index (χ4n) is 14.4. The molecule has 0 fully saturated rings. The van der Waals surface area contributed by atoms with Crippen LogP contribution >= 0.6 is 0 Å². The summed E-state index contributed by atoms with van der Waals surface area (Å²) in [5.41, 5.74) is 9.10. The second kappa shape index (κ2) is 28.8. The number of aldehydes is 2. The summed E-state index contributed by atoms with van der Waals surface area (Å²) >= 11 is 0. The van der Waals surface area contributed by atoms with E-state index in [1.54, 1.807) is 68.6 Å². The van der Waals surface area contributed by atoms with Crippen molar-refractivity contribution in [2.75, 3.05) is 42.7 Å². The second-order valence-electron chi connectivity index (χ2n) is 25.8. The second-order valence-corrected chi connectivity index (χ2v) is 25.8. The first-order chi connectivity index (χ1) is 47.2. The first kappa shape index (κ1) is 73.8. The van der Waals surface area contributed by atoms with Gasteiger partial charge in [-0.2, -0.15) is 0 Å². The minimum atomic E-state index is -1.51. The summed E-state index contributed by atoms with van der Waals surface area (Å²) in [7, 11) is 9.68. The average Bonchev–Trinajstić information content (AvgIpc) is 1.41. The molecule has 0 saturated heterocycles. The van der Waals surface area contributed by atoms with Crippen LogP contribution in [-0.2, 0) is 38.2 Å². The summed E-state index contributed by atoms with van der Waals surface area (Å²) in [5, 5.41) is 4.78. The Labute approximate surface area is 579 Å². The summed E-state index contributed by atoms with van der Waals surface area (Å²) in [6.07, 6.45) is -0.998. The number of fused-ring (bicyclic) bond motifs is 2. The van der Waals surface area contributed by atoms with Crippen LogP contribution in [0.2, 0.25) is 0 Å². The number of aryl methyl sites for hydroxylation is 4. The summed E-state index contributed by atoms with van der Waals surface area (Å²) in [6, 6.07) is 7.81. The first-order valence-electron chi connectivity index (χ1n) is 32.5. The van der Waals surface area contributed by atoms with Crippen molar-refractivity contribution in [2.45, 2.75) is 161 Å². The van der Waals surface area contributed by atoms with Gasteiger partial charge in [0.15, 0.2) is 58.6 Å². The molecule has 0 aliphatic carbocycles. The Morgan fingerprint density at radius 1 is 0.350 bits per heavy atom. The fourth-order valence-corrected chi connectivity index (χ4v) is 14.4. The molecule has 0 N–H and O–H groups in total. The highest BCUT2D eigenvalue weighted by Crippen LogP contribution is 2.63. The molecule has 0 radical (unpaired) electrons. The molecule has 100 heavy (non-hydrogen) atoms. The molecular formula is C78H84O22. The summed E-state index contributed by atoms with van der Waals surface area (Å²) in [4.78, 5) is 101. The maximum absolute atomic E-state index is 13.1. The van der Waals surface area contributed by atoms with Gasteiger partial charge in [-0.05, 0) is 95.2 Å². The molecule has 2 aliphatic rings. The minimum Gasteiger partial charge on any atom is -0.495 e. The predicted octanol–water partition coefficient (Wildman–Crippen LogP) is 16.3. The smallest absolute Gasteiger partial charge is 0.308 e. The highest BCUT2D eigenvalue weighted by Gasteiger charge is 2.43. The van der Waals surface area contributed by atoms with Crippen molar-refractivity contribution in [2.24, 2.45) is 0 Å². The van der Waals surface area contributed by atoms with Gasteiger partial charge in [-0.15, -0.1) is 0 Å². The SMILES string of the molecule is CC(=O)Oc1c(OC(C)=O)c(C=O)c2c(OC(C)=O)c(-c3c(C)cc4c(C(C)C)c(OC(C)=O)c(OC(C)=O)c5c4c3O[C@@H]5OC(C)=O)c(C)cc2c1C(C)C.COc1c(OC)c(C=O)c2c(OC)c(-c3c(C)cc4c(C(C)C)c(OC)c(OC)c5c4c3OC5OC)c(C)cc2c1C(C)C. The van der Waals surface area contributed by atoms with Gasteiger partial charge in [0.25, 0.3) is 6.29 Å². The normalized spacial score (nSPS) is 13.5. The Bertz CT molecular complexity index is 4810. The third-order valence-electron chi connectivity index (χ3n) is 17.6. The van der Waals surface area contributed by atoms with Crippen LogP contribution in [-0.4, -0.2) is 91.0 Å². The Morgan fingerprint density at radius 2 is 0.650 bits per heavy atom. The van der Waals surface area contributed by atoms with E-state index in [4.69, 9.17) is 66.3 Å². The number of hydrogen-bond donors (Lipinski definition) is 0. The minimum absolute atomic E-state index is 0.0492. The van der Waals surface area contributed by atoms with Crippen molar-refractivity contribution in [3.63, 3.8) is 0 Å². The van der Waals surface area contributed by atoms with Gasteiger partial charge in [-0.3, -0.25) is 38.4 Å². The molecule has 2 atom stereocenters. The Hall–Kier alpha value is -10.5. The van der Waals surface area contributed by atoms with Crippen molar-refractivity contribution >= 4 is 91.5 Å². The van der Waals surface area contributed by atoms with Crippen LogP contribution in [0, 0.1) is 27.7 Å². The van der Waals surface area contributed by atoms with Crippen LogP contribution in [0.5, 0.6) is 69.0 Å². The highest BCUT2D eigenvalue weighted by atomic mass is 16.7. The Morgan fingerprint density at radius 3 is 1.02 bits per heavy atom. The molecule has 8 aromatic carbocycles. The van der Waals surface area contributed by atoms with Crippen molar-refractivity contribution < 1.29 is 105 Å². The Kier molecular flexibility index (Phi) is 21.2. The zero-order valence-electron chi connectivity index (χ0n) is 60.9. The number of carbonyl (C=O) groups excluding carboxylic acids is 8. The van der Waals surface area contributed by atoms with Crippen LogP contribution in [0.25, 0.3) is 65.3 Å². The largest absolute Gasteiger partial charge is 0.495 e. The maximum atomic E-state index is 13.1. The molecule has 528 valence electrons. The molecule has 8 aromatic rings. The van der Waals surface area contributed by atoms with E-state index < -0.39 is 54.3 Å². The van der Waals surface area contributed by atoms with Crippen molar-refractivity contribution in [1.82, 2.24) is 0 Å². The third-order valence-corrected chi connectivity index (χ3v) is 17.6. The van der Waals surface area contributed by atoms with E-state index in [0.29, 0.717) is 95.7 Å². The van der Waals surface area contributed by atoms with Gasteiger partial charge in [0.1, 0.15) is 23.0 Å². The summed E-state index contributed by atoms with van der Waals surface area (Å²) in [6.45, 7) is 30.4. The van der Waals surface area contributed by atoms with Gasteiger partial charge in [-0.25, -0.2) is 0 Å². The molecule has 0 spiro atoms. The zero-order valence-corrected chi connectivity index (χ0v) is 60.9. The molecule has 22 nitrogen and oxygen atoms in total. The van der Waals surface area contributed by atoms with Crippen LogP contribution in [0.15, 0.2) is 24.3 Å². The monoisotopic (exact) mass is 1370 g/mol. The summed E-state index contributed by atoms with van der Waals surface area (Å²) < 4.78 is 83.1. The molecule has 0 aromatic heterocycles. The van der Waals surface area contributed by atoms with E-state index in [0.717, 1.165) is 68.3 Å². The average molecular weight is 1370 g/mol. The molecule has 10 rings (SSSR count). The lowest BCUT2D eigenvalue weighted by molar-refractivity contribution is -0.161. The molecule has 0 bridgehead atoms. The van der Waals surface area contributed by atoms with Crippen molar-refractivity contribution in [1.29, 1.82) is 0 Å². The predicted molar refractivity (Wildman–Crippen MR) is 375 cm³/mol. The van der Waals surface area contributed by atoms with Crippen LogP contribution in [0.1, 0.15) is 210 Å². The molecule has 2 aliphatic heterocycles. The van der Waals surface area contributed by atoms with Crippen LogP contribution in [0.4, 0.5) is 0 Å². The van der Waals surface area contributed by atoms with E-state index in [1.807, 2.05) is 34.6 Å². The van der Waals surface area contributed by atoms with E-state index >= 15 is 0 Å². The van der Waals surface area contributed by atoms with Gasteiger partial charge in [-0.1, -0.05) is 79.7 Å². The molecule has 2 heterocycles. The highest BCUT2D eigenvalue weighted by molar-refractivity contribution is 6.16.